The van der Waals surface area contributed by atoms with E-state index in [2.05, 4.69) is 0 Å². The quantitative estimate of drug-likeness (QED) is 0.381. The van der Waals surface area contributed by atoms with Crippen LogP contribution in [0.3, 0.4) is 0 Å². The van der Waals surface area contributed by atoms with E-state index in [9.17, 15) is 0 Å². The summed E-state index contributed by atoms with van der Waals surface area (Å²) < 4.78 is 0. The molecule has 18 heavy (non-hydrogen) atoms. The highest BCUT2D eigenvalue weighted by Gasteiger charge is 2.14. The van der Waals surface area contributed by atoms with Crippen molar-refractivity contribution in [3.05, 3.63) is 64.1 Å². The zero-order chi connectivity index (χ0) is 13.1. The first-order valence-corrected chi connectivity index (χ1v) is 5.99. The molecule has 2 aromatic carbocycles. The molecule has 0 aliphatic heterocycles. The first kappa shape index (κ1) is 12.9. The molecule has 0 radical (unpaired) electrons. The van der Waals surface area contributed by atoms with E-state index in [0.29, 0.717) is 21.3 Å². The predicted octanol–water partition coefficient (Wildman–Crippen LogP) is 3.70. The summed E-state index contributed by atoms with van der Waals surface area (Å²) >= 11 is 12.1. The molecule has 0 saturated carbocycles. The minimum absolute atomic E-state index is 0.0914. The maximum atomic E-state index is 8.07. The van der Waals surface area contributed by atoms with Crippen LogP contribution in [0.1, 0.15) is 5.56 Å². The molecule has 0 amide bonds. The molecule has 0 aliphatic rings. The number of nitrogens with zero attached hydrogens (tertiary/aromatic N) is 1. The van der Waals surface area contributed by atoms with Gasteiger partial charge in [-0.1, -0.05) is 47.5 Å². The first-order valence-electron chi connectivity index (χ1n) is 5.24. The fourth-order valence-electron chi connectivity index (χ4n) is 1.55. The summed E-state index contributed by atoms with van der Waals surface area (Å²) in [6, 6.07) is 14.1. The van der Waals surface area contributed by atoms with Crippen molar-refractivity contribution in [3.8, 4) is 0 Å². The van der Waals surface area contributed by atoms with Gasteiger partial charge in [-0.2, -0.15) is 0 Å². The van der Waals surface area contributed by atoms with Crippen LogP contribution in [0.4, 0.5) is 5.69 Å². The summed E-state index contributed by atoms with van der Waals surface area (Å²) in [6.07, 6.45) is 0. The molecule has 2 rings (SSSR count). The lowest BCUT2D eigenvalue weighted by atomic mass is 10.2. The van der Waals surface area contributed by atoms with Gasteiger partial charge in [-0.15, -0.1) is 0 Å². The van der Waals surface area contributed by atoms with E-state index in [1.54, 1.807) is 48.5 Å². The lowest BCUT2D eigenvalue weighted by molar-refractivity contribution is 1.11. The number of rotatable bonds is 2. The van der Waals surface area contributed by atoms with Crippen LogP contribution in [-0.2, 0) is 0 Å². The smallest absolute Gasteiger partial charge is 0.148 e. The van der Waals surface area contributed by atoms with Crippen LogP contribution in [0.25, 0.3) is 0 Å². The average molecular weight is 280 g/mol. The van der Waals surface area contributed by atoms with E-state index in [1.807, 2.05) is 0 Å². The molecule has 0 unspecified atom stereocenters. The van der Waals surface area contributed by atoms with E-state index >= 15 is 0 Å². The van der Waals surface area contributed by atoms with E-state index < -0.39 is 0 Å². The Morgan fingerprint density at radius 3 is 2.11 bits per heavy atom. The highest BCUT2D eigenvalue weighted by Crippen LogP contribution is 2.25. The molecule has 3 nitrogen and oxygen atoms in total. The molecular weight excluding hydrogens is 269 g/mol. The van der Waals surface area contributed by atoms with Crippen molar-refractivity contribution in [2.24, 2.45) is 5.84 Å². The minimum Gasteiger partial charge on any atom is -0.283 e. The zero-order valence-corrected chi connectivity index (χ0v) is 10.9. The van der Waals surface area contributed by atoms with Gasteiger partial charge in [0.15, 0.2) is 0 Å². The Balaban J connectivity index is 2.36. The normalized spacial score (nSPS) is 10.2. The Kier molecular flexibility index (Phi) is 3.87. The third kappa shape index (κ3) is 2.48. The summed E-state index contributed by atoms with van der Waals surface area (Å²) in [6.45, 7) is 0. The number of hydrogen-bond acceptors (Lipinski definition) is 2. The van der Waals surface area contributed by atoms with Crippen LogP contribution in [-0.4, -0.2) is 5.84 Å². The molecule has 5 heteroatoms. The molecule has 2 aromatic rings. The summed E-state index contributed by atoms with van der Waals surface area (Å²) in [5.41, 5.74) is 1.12. The number of halogens is 2. The fourth-order valence-corrected chi connectivity index (χ4v) is 2.00. The first-order chi connectivity index (χ1) is 8.61. The molecule has 0 saturated heterocycles. The molecule has 0 aromatic heterocycles. The molecular formula is C13H11Cl2N3. The zero-order valence-electron chi connectivity index (χ0n) is 9.40. The Morgan fingerprint density at radius 2 is 1.50 bits per heavy atom. The van der Waals surface area contributed by atoms with Gasteiger partial charge in [0, 0.05) is 5.56 Å². The molecule has 0 fully saturated rings. The Hall–Kier alpha value is -1.55. The molecule has 0 spiro atoms. The SMILES string of the molecule is N=C(c1ccccc1Cl)N(N)c1ccccc1Cl. The molecule has 0 aliphatic carbocycles. The maximum absolute atomic E-state index is 8.07. The number of nitrogens with two attached hydrogens (primary N) is 1. The van der Waals surface area contributed by atoms with Crippen molar-refractivity contribution in [1.82, 2.24) is 0 Å². The van der Waals surface area contributed by atoms with Gasteiger partial charge in [0.05, 0.1) is 15.7 Å². The molecule has 0 heterocycles. The van der Waals surface area contributed by atoms with E-state index in [-0.39, 0.29) is 5.84 Å². The van der Waals surface area contributed by atoms with Gasteiger partial charge in [-0.25, -0.2) is 5.84 Å². The number of para-hydroxylation sites is 1. The van der Waals surface area contributed by atoms with Crippen molar-refractivity contribution >= 4 is 34.7 Å². The summed E-state index contributed by atoms with van der Waals surface area (Å²) in [5, 5.41) is 10.2. The number of nitrogens with one attached hydrogen (secondary N) is 1. The van der Waals surface area contributed by atoms with Gasteiger partial charge in [-0.05, 0) is 24.3 Å². The number of benzene rings is 2. The van der Waals surface area contributed by atoms with E-state index in [0.717, 1.165) is 0 Å². The number of anilines is 1. The highest BCUT2D eigenvalue weighted by molar-refractivity contribution is 6.36. The molecule has 0 bridgehead atoms. The van der Waals surface area contributed by atoms with Gasteiger partial charge >= 0.3 is 0 Å². The summed E-state index contributed by atoms with van der Waals surface area (Å²) in [4.78, 5) is 0. The predicted molar refractivity (Wildman–Crippen MR) is 76.4 cm³/mol. The fraction of sp³-hybridized carbons (Fsp3) is 0. The molecule has 3 N–H and O–H groups in total. The van der Waals surface area contributed by atoms with E-state index in [1.165, 1.54) is 5.01 Å². The number of amidine groups is 1. The topological polar surface area (TPSA) is 53.1 Å². The lowest BCUT2D eigenvalue weighted by Crippen LogP contribution is -2.37. The van der Waals surface area contributed by atoms with Crippen LogP contribution in [0.15, 0.2) is 48.5 Å². The van der Waals surface area contributed by atoms with Crippen LogP contribution in [0.5, 0.6) is 0 Å². The van der Waals surface area contributed by atoms with Gasteiger partial charge in [0.2, 0.25) is 0 Å². The second-order valence-corrected chi connectivity index (χ2v) is 4.46. The van der Waals surface area contributed by atoms with Gasteiger partial charge in [-0.3, -0.25) is 10.4 Å². The minimum atomic E-state index is 0.0914. The van der Waals surface area contributed by atoms with Crippen molar-refractivity contribution in [2.75, 3.05) is 5.01 Å². The second-order valence-electron chi connectivity index (χ2n) is 3.65. The van der Waals surface area contributed by atoms with Crippen LogP contribution < -0.4 is 10.9 Å². The van der Waals surface area contributed by atoms with Gasteiger partial charge in [0.1, 0.15) is 5.84 Å². The number of hydrogen-bond donors (Lipinski definition) is 2. The maximum Gasteiger partial charge on any atom is 0.148 e. The monoisotopic (exact) mass is 279 g/mol. The van der Waals surface area contributed by atoms with Crippen LogP contribution in [0.2, 0.25) is 10.0 Å². The lowest BCUT2D eigenvalue weighted by Gasteiger charge is -2.21. The van der Waals surface area contributed by atoms with Crippen molar-refractivity contribution in [1.29, 1.82) is 5.41 Å². The summed E-state index contributed by atoms with van der Waals surface area (Å²) in [5.74, 6) is 6.00. The van der Waals surface area contributed by atoms with Crippen molar-refractivity contribution < 1.29 is 0 Å². The van der Waals surface area contributed by atoms with Gasteiger partial charge in [0.25, 0.3) is 0 Å². The third-order valence-electron chi connectivity index (χ3n) is 2.48. The third-order valence-corrected chi connectivity index (χ3v) is 3.13. The van der Waals surface area contributed by atoms with Crippen LogP contribution in [0, 0.1) is 5.41 Å². The summed E-state index contributed by atoms with van der Waals surface area (Å²) in [7, 11) is 0. The van der Waals surface area contributed by atoms with Crippen molar-refractivity contribution in [2.45, 2.75) is 0 Å². The molecule has 92 valence electrons. The molecule has 0 atom stereocenters. The Morgan fingerprint density at radius 1 is 0.944 bits per heavy atom. The largest absolute Gasteiger partial charge is 0.283 e. The van der Waals surface area contributed by atoms with E-state index in [4.69, 9.17) is 34.5 Å². The second kappa shape index (κ2) is 5.40. The number of hydrazine groups is 1. The average Bonchev–Trinajstić information content (AvgIpc) is 2.38. The standard InChI is InChI=1S/C13H11Cl2N3/c14-10-6-2-1-5-9(10)13(16)18(17)12-8-4-3-7-11(12)15/h1-8,16H,17H2. The van der Waals surface area contributed by atoms with Crippen LogP contribution >= 0.6 is 23.2 Å². The highest BCUT2D eigenvalue weighted by atomic mass is 35.5. The van der Waals surface area contributed by atoms with Crippen molar-refractivity contribution in [3.63, 3.8) is 0 Å². The Labute approximate surface area is 115 Å². The van der Waals surface area contributed by atoms with Gasteiger partial charge < -0.3 is 0 Å². The Bertz CT molecular complexity index is 584.